The molecule has 0 radical (unpaired) electrons. The molecule has 39 heavy (non-hydrogen) atoms. The maximum atomic E-state index is 13.6. The van der Waals surface area contributed by atoms with Gasteiger partial charge in [0, 0.05) is 25.9 Å². The highest BCUT2D eigenvalue weighted by molar-refractivity contribution is 5.96. The lowest BCUT2D eigenvalue weighted by molar-refractivity contribution is 0.0585. The summed E-state index contributed by atoms with van der Waals surface area (Å²) in [5, 5.41) is 16.1. The second-order valence-electron chi connectivity index (χ2n) is 8.25. The van der Waals surface area contributed by atoms with Crippen LogP contribution in [0.15, 0.2) is 60.8 Å². The molecule has 0 spiro atoms. The van der Waals surface area contributed by atoms with Crippen molar-refractivity contribution in [1.82, 2.24) is 34.9 Å². The van der Waals surface area contributed by atoms with Crippen molar-refractivity contribution in [3.8, 4) is 11.4 Å². The number of carbonyl (C=O) groups excluding carboxylic acids is 2. The molecule has 13 heteroatoms. The lowest BCUT2D eigenvalue weighted by Crippen LogP contribution is -2.10. The van der Waals surface area contributed by atoms with E-state index in [9.17, 15) is 18.4 Å². The van der Waals surface area contributed by atoms with Crippen molar-refractivity contribution in [3.05, 3.63) is 95.2 Å². The molecule has 2 aromatic carbocycles. The van der Waals surface area contributed by atoms with E-state index < -0.39 is 23.6 Å². The zero-order valence-electron chi connectivity index (χ0n) is 21.4. The first-order chi connectivity index (χ1) is 18.7. The molecule has 0 N–H and O–H groups in total. The summed E-state index contributed by atoms with van der Waals surface area (Å²) in [5.41, 5.74) is 1.54. The number of ether oxygens (including phenoxy) is 2. The van der Waals surface area contributed by atoms with Gasteiger partial charge in [0.1, 0.15) is 23.0 Å². The normalized spacial score (nSPS) is 11.6. The average molecular weight is 536 g/mol. The first-order valence-corrected chi connectivity index (χ1v) is 11.4. The molecule has 4 rings (SSSR count). The van der Waals surface area contributed by atoms with E-state index in [1.165, 1.54) is 78.2 Å². The van der Waals surface area contributed by atoms with Crippen LogP contribution in [0.2, 0.25) is 0 Å². The van der Waals surface area contributed by atoms with Crippen molar-refractivity contribution in [3.63, 3.8) is 0 Å². The minimum Gasteiger partial charge on any atom is -0.464 e. The Morgan fingerprint density at radius 1 is 0.795 bits per heavy atom. The van der Waals surface area contributed by atoms with E-state index in [0.717, 1.165) is 0 Å². The minimum absolute atomic E-state index is 0.0966. The third-order valence-corrected chi connectivity index (χ3v) is 5.37. The molecule has 200 valence electrons. The Kier molecular flexibility index (Phi) is 7.89. The molecule has 0 aliphatic heterocycles. The summed E-state index contributed by atoms with van der Waals surface area (Å²) in [6.07, 6.45) is 4.82. The number of methoxy groups -OCH3 is 2. The first-order valence-electron chi connectivity index (χ1n) is 11.4. The maximum absolute atomic E-state index is 13.6. The summed E-state index contributed by atoms with van der Waals surface area (Å²) >= 11 is 0. The molecule has 0 saturated heterocycles. The number of esters is 2. The highest BCUT2D eigenvalue weighted by Gasteiger charge is 2.25. The quantitative estimate of drug-likeness (QED) is 0.247. The molecule has 0 bridgehead atoms. The van der Waals surface area contributed by atoms with Gasteiger partial charge in [0.2, 0.25) is 0 Å². The lowest BCUT2D eigenvalue weighted by atomic mass is 10.1. The maximum Gasteiger partial charge on any atom is 0.360 e. The molecule has 0 amide bonds. The van der Waals surface area contributed by atoms with Crippen LogP contribution in [0.3, 0.4) is 0 Å². The second kappa shape index (κ2) is 11.5. The third kappa shape index (κ3) is 5.71. The highest BCUT2D eigenvalue weighted by Crippen LogP contribution is 2.26. The first kappa shape index (κ1) is 26.9. The van der Waals surface area contributed by atoms with Gasteiger partial charge in [-0.15, -0.1) is 10.2 Å². The fraction of sp³-hybridized carbons (Fsp3) is 0.154. The average Bonchev–Trinajstić information content (AvgIpc) is 3.56. The molecular formula is C26H23F2N7O4. The molecule has 4 aromatic rings. The van der Waals surface area contributed by atoms with Gasteiger partial charge >= 0.3 is 11.9 Å². The number of hydrogen-bond donors (Lipinski definition) is 0. The van der Waals surface area contributed by atoms with Crippen molar-refractivity contribution in [2.24, 2.45) is 0 Å². The fourth-order valence-electron chi connectivity index (χ4n) is 3.62. The van der Waals surface area contributed by atoms with Crippen LogP contribution < -0.4 is 0 Å². The Labute approximate surface area is 221 Å². The van der Waals surface area contributed by atoms with Gasteiger partial charge in [-0.25, -0.2) is 27.7 Å². The van der Waals surface area contributed by atoms with E-state index in [0.29, 0.717) is 16.9 Å². The molecule has 0 fully saturated rings. The van der Waals surface area contributed by atoms with Gasteiger partial charge in [-0.3, -0.25) is 0 Å². The predicted molar refractivity (Wildman–Crippen MR) is 136 cm³/mol. The summed E-state index contributed by atoms with van der Waals surface area (Å²) in [7, 11) is 5.95. The van der Waals surface area contributed by atoms with Gasteiger partial charge in [0.05, 0.1) is 25.6 Å². The van der Waals surface area contributed by atoms with E-state index in [4.69, 9.17) is 9.47 Å². The Hall–Kier alpha value is -5.20. The van der Waals surface area contributed by atoms with E-state index in [1.807, 2.05) is 0 Å². The number of allylic oxidation sites excluding steroid dienone is 2. The van der Waals surface area contributed by atoms with Crippen LogP contribution >= 0.6 is 0 Å². The summed E-state index contributed by atoms with van der Waals surface area (Å²) in [6.45, 7) is 0. The highest BCUT2D eigenvalue weighted by atomic mass is 19.1. The summed E-state index contributed by atoms with van der Waals surface area (Å²) in [5.74, 6) is -2.38. The Morgan fingerprint density at radius 2 is 1.28 bits per heavy atom. The van der Waals surface area contributed by atoms with Crippen LogP contribution in [-0.2, 0) is 9.47 Å². The molecule has 0 aliphatic carbocycles. The zero-order chi connectivity index (χ0) is 28.1. The molecule has 0 saturated carbocycles. The van der Waals surface area contributed by atoms with Crippen LogP contribution in [0.4, 0.5) is 8.78 Å². The smallest absolute Gasteiger partial charge is 0.360 e. The lowest BCUT2D eigenvalue weighted by Gasteiger charge is -2.12. The SMILES string of the molecule is COC(=O)c1nnn(-c2ccc(F)cc2)c1/C=C/C(=C\N(C)C)c1c(C(=O)OC)nnn1-c1ccc(F)cc1. The van der Waals surface area contributed by atoms with Crippen molar-refractivity contribution >= 4 is 23.6 Å². The number of rotatable bonds is 8. The number of halogens is 2. The third-order valence-electron chi connectivity index (χ3n) is 5.37. The number of hydrogen-bond acceptors (Lipinski definition) is 9. The van der Waals surface area contributed by atoms with E-state index in [1.54, 1.807) is 31.3 Å². The second-order valence-corrected chi connectivity index (χ2v) is 8.25. The van der Waals surface area contributed by atoms with Crippen molar-refractivity contribution < 1.29 is 27.8 Å². The molecule has 11 nitrogen and oxygen atoms in total. The van der Waals surface area contributed by atoms with E-state index in [2.05, 4.69) is 20.6 Å². The summed E-state index contributed by atoms with van der Waals surface area (Å²) in [6, 6.07) is 10.9. The molecule has 2 heterocycles. The monoisotopic (exact) mass is 535 g/mol. The number of carbonyl (C=O) groups is 2. The van der Waals surface area contributed by atoms with Crippen LogP contribution in [0.25, 0.3) is 23.0 Å². The number of aromatic nitrogens is 6. The Bertz CT molecular complexity index is 1560. The van der Waals surface area contributed by atoms with Gasteiger partial charge < -0.3 is 14.4 Å². The van der Waals surface area contributed by atoms with Gasteiger partial charge in [-0.2, -0.15) is 0 Å². The van der Waals surface area contributed by atoms with Gasteiger partial charge in [-0.05, 0) is 60.7 Å². The number of benzene rings is 2. The van der Waals surface area contributed by atoms with E-state index in [-0.39, 0.29) is 22.8 Å². The predicted octanol–water partition coefficient (Wildman–Crippen LogP) is 3.32. The summed E-state index contributed by atoms with van der Waals surface area (Å²) < 4.78 is 39.6. The van der Waals surface area contributed by atoms with Gasteiger partial charge in [0.15, 0.2) is 11.4 Å². The summed E-state index contributed by atoms with van der Waals surface area (Å²) in [4.78, 5) is 26.8. The topological polar surface area (TPSA) is 117 Å². The molecular weight excluding hydrogens is 512 g/mol. The Morgan fingerprint density at radius 3 is 1.82 bits per heavy atom. The molecule has 2 aromatic heterocycles. The van der Waals surface area contributed by atoms with Crippen LogP contribution in [0, 0.1) is 11.6 Å². The van der Waals surface area contributed by atoms with Crippen LogP contribution in [-0.4, -0.2) is 75.1 Å². The van der Waals surface area contributed by atoms with Crippen LogP contribution in [0.5, 0.6) is 0 Å². The van der Waals surface area contributed by atoms with Crippen molar-refractivity contribution in [2.75, 3.05) is 28.3 Å². The van der Waals surface area contributed by atoms with Crippen molar-refractivity contribution in [2.45, 2.75) is 0 Å². The zero-order valence-corrected chi connectivity index (χ0v) is 21.4. The van der Waals surface area contributed by atoms with Gasteiger partial charge in [-0.1, -0.05) is 10.4 Å². The Balaban J connectivity index is 1.91. The number of nitrogens with zero attached hydrogens (tertiary/aromatic N) is 7. The fourth-order valence-corrected chi connectivity index (χ4v) is 3.62. The molecule has 0 atom stereocenters. The molecule has 0 unspecified atom stereocenters. The van der Waals surface area contributed by atoms with Gasteiger partial charge in [0.25, 0.3) is 0 Å². The van der Waals surface area contributed by atoms with Crippen LogP contribution in [0.1, 0.15) is 32.4 Å². The molecule has 0 aliphatic rings. The van der Waals surface area contributed by atoms with Crippen molar-refractivity contribution in [1.29, 1.82) is 0 Å². The van der Waals surface area contributed by atoms with E-state index >= 15 is 0 Å². The standard InChI is InChI=1S/C26H23F2N7O4/c1-33(2)15-16(24-23(26(37)39-4)30-32-35(24)20-12-8-18(28)9-13-20)5-14-21-22(25(36)38-3)29-31-34(21)19-10-6-17(27)7-11-19/h5-15H,1-4H3/b14-5+,16-15+. The largest absolute Gasteiger partial charge is 0.464 e. The minimum atomic E-state index is -0.746.